The van der Waals surface area contributed by atoms with Gasteiger partial charge in [0.15, 0.2) is 5.69 Å². The lowest BCUT2D eigenvalue weighted by atomic mass is 10.2. The Labute approximate surface area is 162 Å². The molecule has 0 aliphatic rings. The molecule has 0 spiro atoms. The lowest BCUT2D eigenvalue weighted by Gasteiger charge is -2.18. The minimum atomic E-state index is -3.60. The van der Waals surface area contributed by atoms with Crippen LogP contribution in [-0.2, 0) is 16.4 Å². The molecule has 0 aliphatic heterocycles. The Bertz CT molecular complexity index is 1120. The summed E-state index contributed by atoms with van der Waals surface area (Å²) in [4.78, 5) is 18.5. The maximum atomic E-state index is 13.0. The van der Waals surface area contributed by atoms with Crippen LogP contribution in [0.4, 0.5) is 0 Å². The fraction of sp³-hybridized carbons (Fsp3) is 0.222. The zero-order chi connectivity index (χ0) is 19.8. The molecule has 1 amide bonds. The molecule has 2 aromatic heterocycles. The molecule has 3 aromatic rings. The largest absolute Gasteiger partial charge is 0.496 e. The first-order chi connectivity index (χ1) is 12.7. The number of aromatic nitrogens is 2. The zero-order valence-corrected chi connectivity index (χ0v) is 16.6. The first-order valence-corrected chi connectivity index (χ1v) is 10.2. The van der Waals surface area contributed by atoms with Crippen LogP contribution in [0.2, 0.25) is 5.02 Å². The fourth-order valence-electron chi connectivity index (χ4n) is 2.81. The van der Waals surface area contributed by atoms with Gasteiger partial charge in [-0.05, 0) is 30.3 Å². The smallest absolute Gasteiger partial charge is 0.274 e. The lowest BCUT2D eigenvalue weighted by Crippen LogP contribution is -2.27. The monoisotopic (exact) mass is 407 g/mol. The third kappa shape index (κ3) is 3.77. The predicted molar refractivity (Wildman–Crippen MR) is 102 cm³/mol. The summed E-state index contributed by atoms with van der Waals surface area (Å²) in [7, 11) is -0.454. The molecule has 0 radical (unpaired) electrons. The van der Waals surface area contributed by atoms with Gasteiger partial charge in [0.05, 0.1) is 12.6 Å². The van der Waals surface area contributed by atoms with Gasteiger partial charge >= 0.3 is 0 Å². The second-order valence-corrected chi connectivity index (χ2v) is 8.43. The van der Waals surface area contributed by atoms with Crippen molar-refractivity contribution in [3.05, 3.63) is 58.9 Å². The van der Waals surface area contributed by atoms with Gasteiger partial charge < -0.3 is 9.64 Å². The SMILES string of the molecule is COc1ccc(Cl)cc1CN(C)C(=O)c1nc(S(C)(=O)=O)n2ccccc12. The lowest BCUT2D eigenvalue weighted by molar-refractivity contribution is 0.0780. The molecular weight excluding hydrogens is 390 g/mol. The number of carbonyl (C=O) groups is 1. The Morgan fingerprint density at radius 2 is 2.04 bits per heavy atom. The summed E-state index contributed by atoms with van der Waals surface area (Å²) in [6.45, 7) is 0.225. The second kappa shape index (κ2) is 7.21. The zero-order valence-electron chi connectivity index (χ0n) is 15.0. The number of methoxy groups -OCH3 is 1. The quantitative estimate of drug-likeness (QED) is 0.649. The van der Waals surface area contributed by atoms with Crippen LogP contribution < -0.4 is 4.74 Å². The average Bonchev–Trinajstić information content (AvgIpc) is 3.01. The van der Waals surface area contributed by atoms with E-state index >= 15 is 0 Å². The first-order valence-electron chi connectivity index (χ1n) is 7.97. The third-order valence-electron chi connectivity index (χ3n) is 4.05. The molecule has 9 heteroatoms. The molecule has 0 aliphatic carbocycles. The van der Waals surface area contributed by atoms with Crippen molar-refractivity contribution in [2.45, 2.75) is 11.7 Å². The molecule has 1 aromatic carbocycles. The van der Waals surface area contributed by atoms with Crippen LogP contribution in [0.1, 0.15) is 16.1 Å². The highest BCUT2D eigenvalue weighted by atomic mass is 35.5. The summed E-state index contributed by atoms with van der Waals surface area (Å²) in [5.74, 6) is 0.196. The van der Waals surface area contributed by atoms with Crippen LogP contribution in [0.15, 0.2) is 47.8 Å². The van der Waals surface area contributed by atoms with Crippen LogP contribution in [0, 0.1) is 0 Å². The highest BCUT2D eigenvalue weighted by Gasteiger charge is 2.25. The van der Waals surface area contributed by atoms with E-state index in [9.17, 15) is 13.2 Å². The summed E-state index contributed by atoms with van der Waals surface area (Å²) in [6, 6.07) is 10.2. The van der Waals surface area contributed by atoms with E-state index in [1.165, 1.54) is 16.4 Å². The van der Waals surface area contributed by atoms with Gasteiger partial charge in [0.2, 0.25) is 15.0 Å². The van der Waals surface area contributed by atoms with Gasteiger partial charge in [-0.25, -0.2) is 13.4 Å². The number of sulfone groups is 1. The van der Waals surface area contributed by atoms with E-state index in [2.05, 4.69) is 4.98 Å². The van der Waals surface area contributed by atoms with Crippen LogP contribution >= 0.6 is 11.6 Å². The standard InChI is InChI=1S/C18H18ClN3O4S/c1-21(11-12-10-13(19)7-8-15(12)26-2)17(23)16-14-6-4-5-9-22(14)18(20-16)27(3,24)25/h4-10H,11H2,1-3H3. The number of pyridine rings is 1. The number of benzene rings is 1. The number of ether oxygens (including phenoxy) is 1. The van der Waals surface area contributed by atoms with Gasteiger partial charge in [-0.2, -0.15) is 0 Å². The molecule has 142 valence electrons. The average molecular weight is 408 g/mol. The van der Waals surface area contributed by atoms with Crippen molar-refractivity contribution in [1.29, 1.82) is 0 Å². The number of nitrogens with zero attached hydrogens (tertiary/aromatic N) is 3. The molecule has 2 heterocycles. The number of hydrogen-bond donors (Lipinski definition) is 0. The van der Waals surface area contributed by atoms with E-state index in [0.29, 0.717) is 16.3 Å². The molecular formula is C18H18ClN3O4S. The van der Waals surface area contributed by atoms with Crippen LogP contribution in [0.25, 0.3) is 5.52 Å². The fourth-order valence-corrected chi connectivity index (χ4v) is 3.78. The number of carbonyl (C=O) groups excluding carboxylic acids is 1. The van der Waals surface area contributed by atoms with Crippen molar-refractivity contribution < 1.29 is 17.9 Å². The predicted octanol–water partition coefficient (Wildman–Crippen LogP) is 2.67. The third-order valence-corrected chi connectivity index (χ3v) is 5.23. The maximum absolute atomic E-state index is 13.0. The van der Waals surface area contributed by atoms with Gasteiger partial charge in [-0.15, -0.1) is 0 Å². The van der Waals surface area contributed by atoms with Gasteiger partial charge in [-0.3, -0.25) is 9.20 Å². The Hall–Kier alpha value is -2.58. The Balaban J connectivity index is 2.00. The molecule has 0 unspecified atom stereocenters. The minimum Gasteiger partial charge on any atom is -0.496 e. The molecule has 0 saturated carbocycles. The van der Waals surface area contributed by atoms with Crippen LogP contribution in [-0.4, -0.2) is 49.0 Å². The van der Waals surface area contributed by atoms with Crippen molar-refractivity contribution in [1.82, 2.24) is 14.3 Å². The summed E-state index contributed by atoms with van der Waals surface area (Å²) in [6.07, 6.45) is 2.62. The minimum absolute atomic E-state index is 0.0690. The normalized spacial score (nSPS) is 11.6. The van der Waals surface area contributed by atoms with Gasteiger partial charge in [0.1, 0.15) is 5.75 Å². The Kier molecular flexibility index (Phi) is 5.12. The van der Waals surface area contributed by atoms with E-state index < -0.39 is 15.7 Å². The second-order valence-electron chi connectivity index (χ2n) is 6.09. The Morgan fingerprint density at radius 3 is 2.70 bits per heavy atom. The van der Waals surface area contributed by atoms with Crippen molar-refractivity contribution in [3.63, 3.8) is 0 Å². The molecule has 0 bridgehead atoms. The molecule has 0 fully saturated rings. The molecule has 7 nitrogen and oxygen atoms in total. The van der Waals surface area contributed by atoms with E-state index in [1.54, 1.807) is 49.6 Å². The number of amides is 1. The summed E-state index contributed by atoms with van der Waals surface area (Å²) in [5, 5.41) is 0.355. The maximum Gasteiger partial charge on any atom is 0.274 e. The highest BCUT2D eigenvalue weighted by molar-refractivity contribution is 7.90. The Morgan fingerprint density at radius 1 is 1.30 bits per heavy atom. The molecule has 0 N–H and O–H groups in total. The van der Waals surface area contributed by atoms with Crippen LogP contribution in [0.3, 0.4) is 0 Å². The number of rotatable bonds is 5. The summed E-state index contributed by atoms with van der Waals surface area (Å²) in [5.41, 5.74) is 1.22. The van der Waals surface area contributed by atoms with Crippen molar-refractivity contribution in [2.24, 2.45) is 0 Å². The molecule has 27 heavy (non-hydrogen) atoms. The summed E-state index contributed by atoms with van der Waals surface area (Å²) < 4.78 is 30.8. The molecule has 0 atom stereocenters. The first kappa shape index (κ1) is 19.2. The van der Waals surface area contributed by atoms with Crippen molar-refractivity contribution >= 4 is 32.9 Å². The number of hydrogen-bond acceptors (Lipinski definition) is 5. The topological polar surface area (TPSA) is 81.0 Å². The van der Waals surface area contributed by atoms with Crippen molar-refractivity contribution in [2.75, 3.05) is 20.4 Å². The van der Waals surface area contributed by atoms with E-state index in [0.717, 1.165) is 11.8 Å². The molecule has 3 rings (SSSR count). The molecule has 0 saturated heterocycles. The summed E-state index contributed by atoms with van der Waals surface area (Å²) >= 11 is 6.04. The number of halogens is 1. The van der Waals surface area contributed by atoms with E-state index in [-0.39, 0.29) is 17.4 Å². The van der Waals surface area contributed by atoms with Gasteiger partial charge in [-0.1, -0.05) is 17.7 Å². The number of imidazole rings is 1. The van der Waals surface area contributed by atoms with E-state index in [4.69, 9.17) is 16.3 Å². The van der Waals surface area contributed by atoms with Gasteiger partial charge in [0, 0.05) is 36.6 Å². The number of fused-ring (bicyclic) bond motifs is 1. The van der Waals surface area contributed by atoms with Crippen LogP contribution in [0.5, 0.6) is 5.75 Å². The van der Waals surface area contributed by atoms with Gasteiger partial charge in [0.25, 0.3) is 5.91 Å². The highest BCUT2D eigenvalue weighted by Crippen LogP contribution is 2.25. The van der Waals surface area contributed by atoms with Crippen molar-refractivity contribution in [3.8, 4) is 5.75 Å². The van der Waals surface area contributed by atoms with E-state index in [1.807, 2.05) is 0 Å².